The van der Waals surface area contributed by atoms with Crippen LogP contribution in [0.25, 0.3) is 0 Å². The summed E-state index contributed by atoms with van der Waals surface area (Å²) in [5, 5.41) is 6.67. The van der Waals surface area contributed by atoms with Crippen LogP contribution in [0.15, 0.2) is 34.9 Å². The van der Waals surface area contributed by atoms with Gasteiger partial charge in [0.25, 0.3) is 5.91 Å². The predicted molar refractivity (Wildman–Crippen MR) is 129 cm³/mol. The Bertz CT molecular complexity index is 1040. The van der Waals surface area contributed by atoms with E-state index >= 15 is 0 Å². The van der Waals surface area contributed by atoms with E-state index in [1.807, 2.05) is 31.2 Å². The first-order valence-electron chi connectivity index (χ1n) is 12.4. The molecule has 4 rings (SSSR count). The van der Waals surface area contributed by atoms with E-state index in [-0.39, 0.29) is 24.1 Å². The van der Waals surface area contributed by atoms with Gasteiger partial charge in [0.15, 0.2) is 5.69 Å². The highest BCUT2D eigenvalue weighted by atomic mass is 16.5. The molecule has 1 aromatic heterocycles. The maximum Gasteiger partial charge on any atom is 0.328 e. The highest BCUT2D eigenvalue weighted by Gasteiger charge is 2.36. The summed E-state index contributed by atoms with van der Waals surface area (Å²) in [6.07, 6.45) is 3.65. The lowest BCUT2D eigenvalue weighted by atomic mass is 9.88. The van der Waals surface area contributed by atoms with Gasteiger partial charge in [-0.25, -0.2) is 4.79 Å². The van der Waals surface area contributed by atoms with E-state index in [1.165, 1.54) is 0 Å². The second kappa shape index (κ2) is 11.0. The third-order valence-electron chi connectivity index (χ3n) is 6.78. The van der Waals surface area contributed by atoms with E-state index < -0.39 is 24.0 Å². The van der Waals surface area contributed by atoms with Crippen LogP contribution in [0.2, 0.25) is 0 Å². The monoisotopic (exact) mass is 482 g/mol. The zero-order valence-corrected chi connectivity index (χ0v) is 20.4. The van der Waals surface area contributed by atoms with Gasteiger partial charge in [-0.3, -0.25) is 9.59 Å². The summed E-state index contributed by atoms with van der Waals surface area (Å²) >= 11 is 0. The number of carbonyl (C=O) groups is 3. The van der Waals surface area contributed by atoms with Crippen LogP contribution in [-0.2, 0) is 20.7 Å². The van der Waals surface area contributed by atoms with Crippen molar-refractivity contribution >= 4 is 17.8 Å². The fourth-order valence-electron chi connectivity index (χ4n) is 4.53. The molecule has 35 heavy (non-hydrogen) atoms. The number of esters is 1. The van der Waals surface area contributed by atoms with Gasteiger partial charge in [0, 0.05) is 25.1 Å². The average molecular weight is 483 g/mol. The highest BCUT2D eigenvalue weighted by Crippen LogP contribution is 2.40. The fraction of sp³-hybridized carbons (Fsp3) is 0.538. The number of aromatic nitrogens is 1. The second-order valence-corrected chi connectivity index (χ2v) is 9.55. The zero-order chi connectivity index (χ0) is 24.9. The summed E-state index contributed by atoms with van der Waals surface area (Å²) in [4.78, 5) is 40.2. The smallest absolute Gasteiger partial charge is 0.328 e. The Morgan fingerprint density at radius 3 is 2.49 bits per heavy atom. The lowest BCUT2D eigenvalue weighted by Crippen LogP contribution is -2.53. The Balaban J connectivity index is 1.34. The van der Waals surface area contributed by atoms with Crippen LogP contribution >= 0.6 is 0 Å². The quantitative estimate of drug-likeness (QED) is 0.525. The van der Waals surface area contributed by atoms with Gasteiger partial charge in [-0.15, -0.1) is 0 Å². The molecule has 1 unspecified atom stereocenters. The van der Waals surface area contributed by atoms with Crippen molar-refractivity contribution < 1.29 is 23.6 Å². The highest BCUT2D eigenvalue weighted by molar-refractivity contribution is 5.95. The maximum atomic E-state index is 12.9. The number of hydrogen-bond donors (Lipinski definition) is 2. The summed E-state index contributed by atoms with van der Waals surface area (Å²) in [5.74, 6) is -0.160. The number of amides is 2. The van der Waals surface area contributed by atoms with Gasteiger partial charge in [-0.05, 0) is 57.4 Å². The molecule has 1 aliphatic heterocycles. The number of nitrogens with zero attached hydrogens (tertiary/aromatic N) is 2. The second-order valence-electron chi connectivity index (χ2n) is 9.55. The maximum absolute atomic E-state index is 12.9. The van der Waals surface area contributed by atoms with Crippen molar-refractivity contribution in [2.45, 2.75) is 64.0 Å². The van der Waals surface area contributed by atoms with Gasteiger partial charge < -0.3 is 25.2 Å². The lowest BCUT2D eigenvalue weighted by molar-refractivity contribution is -0.147. The zero-order valence-electron chi connectivity index (χ0n) is 20.4. The molecule has 0 radical (unpaired) electrons. The molecule has 2 aliphatic rings. The number of nitrogens with one attached hydrogen (secondary N) is 1. The molecular formula is C26H34N4O5. The molecular weight excluding hydrogens is 448 g/mol. The molecule has 1 saturated heterocycles. The van der Waals surface area contributed by atoms with Gasteiger partial charge >= 0.3 is 5.97 Å². The number of benzene rings is 1. The number of aryl methyl sites for hydroxylation is 1. The van der Waals surface area contributed by atoms with Crippen molar-refractivity contribution in [3.8, 4) is 0 Å². The van der Waals surface area contributed by atoms with Gasteiger partial charge in [0.05, 0.1) is 12.6 Å². The summed E-state index contributed by atoms with van der Waals surface area (Å²) < 4.78 is 10.5. The van der Waals surface area contributed by atoms with Crippen LogP contribution < -0.4 is 11.1 Å². The van der Waals surface area contributed by atoms with E-state index in [0.29, 0.717) is 44.0 Å². The van der Waals surface area contributed by atoms with Crippen LogP contribution in [0.5, 0.6) is 0 Å². The molecule has 3 N–H and O–H groups in total. The van der Waals surface area contributed by atoms with Gasteiger partial charge in [0.1, 0.15) is 11.8 Å². The van der Waals surface area contributed by atoms with Crippen molar-refractivity contribution in [1.29, 1.82) is 0 Å². The van der Waals surface area contributed by atoms with E-state index in [1.54, 1.807) is 17.9 Å². The van der Waals surface area contributed by atoms with Crippen molar-refractivity contribution in [2.24, 2.45) is 11.7 Å². The molecule has 2 atom stereocenters. The first kappa shape index (κ1) is 24.9. The lowest BCUT2D eigenvalue weighted by Gasteiger charge is -2.36. The minimum atomic E-state index is -0.818. The van der Waals surface area contributed by atoms with E-state index in [9.17, 15) is 14.4 Å². The number of rotatable bonds is 9. The summed E-state index contributed by atoms with van der Waals surface area (Å²) in [5.41, 5.74) is 8.56. The molecule has 0 spiro atoms. The number of carbonyl (C=O) groups excluding carboxylic acids is 3. The molecule has 0 bridgehead atoms. The van der Waals surface area contributed by atoms with Crippen LogP contribution in [0.3, 0.4) is 0 Å². The molecule has 2 heterocycles. The predicted octanol–water partition coefficient (Wildman–Crippen LogP) is 2.33. The van der Waals surface area contributed by atoms with Crippen molar-refractivity contribution in [2.75, 3.05) is 19.7 Å². The van der Waals surface area contributed by atoms with Gasteiger partial charge in [-0.2, -0.15) is 0 Å². The van der Waals surface area contributed by atoms with Gasteiger partial charge in [0.2, 0.25) is 5.91 Å². The Kier molecular flexibility index (Phi) is 7.85. The molecule has 2 amide bonds. The van der Waals surface area contributed by atoms with Crippen molar-refractivity contribution in [3.63, 3.8) is 0 Å². The number of likely N-dealkylation sites (tertiary alicyclic amines) is 1. The van der Waals surface area contributed by atoms with Crippen LogP contribution in [-0.4, -0.2) is 59.6 Å². The normalized spacial score (nSPS) is 18.1. The van der Waals surface area contributed by atoms with E-state index in [4.69, 9.17) is 15.0 Å². The minimum absolute atomic E-state index is 0.101. The van der Waals surface area contributed by atoms with Crippen LogP contribution in [0, 0.1) is 12.8 Å². The first-order valence-corrected chi connectivity index (χ1v) is 12.4. The third kappa shape index (κ3) is 6.28. The number of piperidine rings is 1. The van der Waals surface area contributed by atoms with Crippen LogP contribution in [0.4, 0.5) is 0 Å². The molecule has 9 nitrogen and oxygen atoms in total. The van der Waals surface area contributed by atoms with E-state index in [2.05, 4.69) is 10.5 Å². The molecule has 1 aliphatic carbocycles. The standard InChI is InChI=1S/C26H34N4O5/c1-3-34-26(33)23(28-24(31)21-15-22(35-29-21)18-8-9-18)19-10-12-30(13-11-19)25(32)20(27)14-17-6-4-16(2)5-7-17/h4-7,15,18-20,23H,3,8-14,27H2,1-2H3,(H,28,31)/t20-,23?/m0/s1. The first-order chi connectivity index (χ1) is 16.9. The Morgan fingerprint density at radius 1 is 1.17 bits per heavy atom. The van der Waals surface area contributed by atoms with Crippen LogP contribution in [0.1, 0.15) is 65.9 Å². The number of hydrogen-bond acceptors (Lipinski definition) is 7. The minimum Gasteiger partial charge on any atom is -0.464 e. The Hall–Kier alpha value is -3.20. The van der Waals surface area contributed by atoms with Crippen molar-refractivity contribution in [3.05, 3.63) is 52.9 Å². The number of ether oxygens (including phenoxy) is 1. The molecule has 2 fully saturated rings. The SMILES string of the molecule is CCOC(=O)C(NC(=O)c1cc(C2CC2)on1)C1CCN(C(=O)[C@@H](N)Cc2ccc(C)cc2)CC1. The summed E-state index contributed by atoms with van der Waals surface area (Å²) in [6.45, 7) is 4.89. The molecule has 9 heteroatoms. The van der Waals surface area contributed by atoms with Crippen molar-refractivity contribution in [1.82, 2.24) is 15.4 Å². The average Bonchev–Trinajstić information content (AvgIpc) is 3.59. The molecule has 1 saturated carbocycles. The largest absolute Gasteiger partial charge is 0.464 e. The topological polar surface area (TPSA) is 128 Å². The Labute approximate surface area is 205 Å². The molecule has 1 aromatic carbocycles. The molecule has 2 aromatic rings. The third-order valence-corrected chi connectivity index (χ3v) is 6.78. The molecule has 188 valence electrons. The van der Waals surface area contributed by atoms with Gasteiger partial charge in [-0.1, -0.05) is 35.0 Å². The fourth-order valence-corrected chi connectivity index (χ4v) is 4.53. The summed E-state index contributed by atoms with van der Waals surface area (Å²) in [6, 6.07) is 8.20. The number of nitrogens with two attached hydrogens (primary N) is 1. The summed E-state index contributed by atoms with van der Waals surface area (Å²) in [7, 11) is 0. The Morgan fingerprint density at radius 2 is 1.86 bits per heavy atom. The van der Waals surface area contributed by atoms with E-state index in [0.717, 1.165) is 24.0 Å².